The summed E-state index contributed by atoms with van der Waals surface area (Å²) in [5, 5.41) is 28.4. The van der Waals surface area contributed by atoms with Gasteiger partial charge in [-0.2, -0.15) is 0 Å². The lowest BCUT2D eigenvalue weighted by Gasteiger charge is -2.08. The molecule has 0 atom stereocenters. The van der Waals surface area contributed by atoms with E-state index in [0.29, 0.717) is 17.9 Å². The molecule has 0 saturated heterocycles. The third-order valence-corrected chi connectivity index (χ3v) is 3.14. The minimum Gasteiger partial charge on any atom is -0.508 e. The Morgan fingerprint density at radius 2 is 1.70 bits per heavy atom. The van der Waals surface area contributed by atoms with Crippen molar-refractivity contribution in [2.24, 2.45) is 0 Å². The minimum atomic E-state index is -0.0254. The number of nitrogens with zero attached hydrogens (tertiary/aromatic N) is 2. The quantitative estimate of drug-likeness (QED) is 0.681. The summed E-state index contributed by atoms with van der Waals surface area (Å²) in [5.41, 5.74) is 2.31. The molecule has 20 heavy (non-hydrogen) atoms. The van der Waals surface area contributed by atoms with Crippen LogP contribution in [0.5, 0.6) is 11.5 Å². The molecule has 0 bridgehead atoms. The number of para-hydroxylation sites is 2. The fraction of sp³-hybridized carbons (Fsp3) is 0.133. The number of aliphatic hydroxyl groups is 1. The van der Waals surface area contributed by atoms with E-state index in [1.165, 1.54) is 18.2 Å². The van der Waals surface area contributed by atoms with Gasteiger partial charge < -0.3 is 19.9 Å². The molecular formula is C15H14N2O3. The van der Waals surface area contributed by atoms with E-state index in [1.54, 1.807) is 0 Å². The van der Waals surface area contributed by atoms with Gasteiger partial charge in [0.25, 0.3) is 0 Å². The Labute approximate surface area is 115 Å². The maximum absolute atomic E-state index is 9.60. The number of aromatic nitrogens is 2. The zero-order valence-electron chi connectivity index (χ0n) is 10.7. The Bertz CT molecular complexity index is 745. The smallest absolute Gasteiger partial charge is 0.141 e. The second kappa shape index (κ2) is 4.86. The normalized spacial score (nSPS) is 11.1. The monoisotopic (exact) mass is 270 g/mol. The zero-order chi connectivity index (χ0) is 14.1. The van der Waals surface area contributed by atoms with Crippen LogP contribution < -0.4 is 0 Å². The molecule has 5 heteroatoms. The summed E-state index contributed by atoms with van der Waals surface area (Å²) in [4.78, 5) is 4.51. The van der Waals surface area contributed by atoms with Crippen LogP contribution in [0, 0.1) is 0 Å². The SMILES string of the molecule is OCCn1c(-c2cc(O)cc(O)c2)nc2ccccc21. The largest absolute Gasteiger partial charge is 0.508 e. The van der Waals surface area contributed by atoms with Crippen LogP contribution in [0.4, 0.5) is 0 Å². The second-order valence-corrected chi connectivity index (χ2v) is 4.54. The van der Waals surface area contributed by atoms with Gasteiger partial charge in [0.2, 0.25) is 0 Å². The van der Waals surface area contributed by atoms with Gasteiger partial charge >= 0.3 is 0 Å². The molecule has 3 N–H and O–H groups in total. The van der Waals surface area contributed by atoms with Crippen molar-refractivity contribution >= 4 is 11.0 Å². The predicted octanol–water partition coefficient (Wildman–Crippen LogP) is 2.11. The Balaban J connectivity index is 2.26. The standard InChI is InChI=1S/C15H14N2O3/c18-6-5-17-14-4-2-1-3-13(14)16-15(17)10-7-11(19)9-12(20)8-10/h1-4,7-9,18-20H,5-6H2. The molecule has 0 amide bonds. The second-order valence-electron chi connectivity index (χ2n) is 4.54. The average Bonchev–Trinajstić information content (AvgIpc) is 2.77. The van der Waals surface area contributed by atoms with Gasteiger partial charge in [-0.25, -0.2) is 4.98 Å². The molecule has 0 radical (unpaired) electrons. The summed E-state index contributed by atoms with van der Waals surface area (Å²) in [6.45, 7) is 0.379. The Morgan fingerprint density at radius 1 is 1.00 bits per heavy atom. The maximum atomic E-state index is 9.60. The van der Waals surface area contributed by atoms with E-state index in [2.05, 4.69) is 4.98 Å². The van der Waals surface area contributed by atoms with Crippen molar-refractivity contribution in [3.05, 3.63) is 42.5 Å². The van der Waals surface area contributed by atoms with Crippen LogP contribution in [0.1, 0.15) is 0 Å². The van der Waals surface area contributed by atoms with Gasteiger partial charge in [0, 0.05) is 18.2 Å². The first-order valence-corrected chi connectivity index (χ1v) is 6.28. The highest BCUT2D eigenvalue weighted by Crippen LogP contribution is 2.30. The Kier molecular flexibility index (Phi) is 3.04. The number of rotatable bonds is 3. The van der Waals surface area contributed by atoms with Gasteiger partial charge in [0.05, 0.1) is 17.6 Å². The van der Waals surface area contributed by atoms with E-state index in [4.69, 9.17) is 0 Å². The van der Waals surface area contributed by atoms with Gasteiger partial charge in [0.1, 0.15) is 17.3 Å². The van der Waals surface area contributed by atoms with Crippen LogP contribution >= 0.6 is 0 Å². The first-order valence-electron chi connectivity index (χ1n) is 6.28. The lowest BCUT2D eigenvalue weighted by molar-refractivity contribution is 0.278. The van der Waals surface area contributed by atoms with E-state index >= 15 is 0 Å². The molecular weight excluding hydrogens is 256 g/mol. The Morgan fingerprint density at radius 3 is 2.40 bits per heavy atom. The fourth-order valence-electron chi connectivity index (χ4n) is 2.35. The highest BCUT2D eigenvalue weighted by molar-refractivity contribution is 5.81. The number of imidazole rings is 1. The first-order chi connectivity index (χ1) is 9.69. The van der Waals surface area contributed by atoms with Crippen LogP contribution in [0.15, 0.2) is 42.5 Å². The van der Waals surface area contributed by atoms with Crippen LogP contribution in [0.3, 0.4) is 0 Å². The summed E-state index contributed by atoms with van der Waals surface area (Å²) in [7, 11) is 0. The van der Waals surface area contributed by atoms with Crippen molar-refractivity contribution in [1.29, 1.82) is 0 Å². The van der Waals surface area contributed by atoms with E-state index in [9.17, 15) is 15.3 Å². The summed E-state index contributed by atoms with van der Waals surface area (Å²) in [6.07, 6.45) is 0. The summed E-state index contributed by atoms with van der Waals surface area (Å²) >= 11 is 0. The van der Waals surface area contributed by atoms with Crippen molar-refractivity contribution in [2.75, 3.05) is 6.61 Å². The molecule has 0 fully saturated rings. The molecule has 0 unspecified atom stereocenters. The van der Waals surface area contributed by atoms with Crippen molar-refractivity contribution in [2.45, 2.75) is 6.54 Å². The van der Waals surface area contributed by atoms with Crippen LogP contribution in [-0.2, 0) is 6.54 Å². The molecule has 5 nitrogen and oxygen atoms in total. The van der Waals surface area contributed by atoms with E-state index in [0.717, 1.165) is 11.0 Å². The highest BCUT2D eigenvalue weighted by atomic mass is 16.3. The van der Waals surface area contributed by atoms with Gasteiger partial charge in [-0.1, -0.05) is 12.1 Å². The average molecular weight is 270 g/mol. The molecule has 0 aliphatic carbocycles. The number of phenolic OH excluding ortho intramolecular Hbond substituents is 2. The van der Waals surface area contributed by atoms with Gasteiger partial charge in [-0.05, 0) is 24.3 Å². The van der Waals surface area contributed by atoms with E-state index in [1.807, 2.05) is 28.8 Å². The number of fused-ring (bicyclic) bond motifs is 1. The number of hydrogen-bond acceptors (Lipinski definition) is 4. The fourth-order valence-corrected chi connectivity index (χ4v) is 2.35. The third kappa shape index (κ3) is 2.08. The van der Waals surface area contributed by atoms with Gasteiger partial charge in [0.15, 0.2) is 0 Å². The van der Waals surface area contributed by atoms with Gasteiger partial charge in [-0.3, -0.25) is 0 Å². The molecule has 1 heterocycles. The summed E-state index contributed by atoms with van der Waals surface area (Å²) in [5.74, 6) is 0.552. The molecule has 3 aromatic rings. The summed E-state index contributed by atoms with van der Waals surface area (Å²) < 4.78 is 1.86. The first kappa shape index (κ1) is 12.5. The van der Waals surface area contributed by atoms with Crippen molar-refractivity contribution in [3.63, 3.8) is 0 Å². The van der Waals surface area contributed by atoms with Crippen molar-refractivity contribution in [3.8, 4) is 22.9 Å². The molecule has 0 aliphatic rings. The minimum absolute atomic E-state index is 0.0157. The number of benzene rings is 2. The predicted molar refractivity (Wildman–Crippen MR) is 75.6 cm³/mol. The molecule has 0 saturated carbocycles. The molecule has 0 spiro atoms. The van der Waals surface area contributed by atoms with Gasteiger partial charge in [-0.15, -0.1) is 0 Å². The molecule has 0 aliphatic heterocycles. The molecule has 2 aromatic carbocycles. The lowest BCUT2D eigenvalue weighted by atomic mass is 10.2. The number of hydrogen-bond donors (Lipinski definition) is 3. The zero-order valence-corrected chi connectivity index (χ0v) is 10.7. The van der Waals surface area contributed by atoms with Crippen LogP contribution in [0.2, 0.25) is 0 Å². The molecule has 102 valence electrons. The van der Waals surface area contributed by atoms with Crippen LogP contribution in [-0.4, -0.2) is 31.5 Å². The number of aliphatic hydroxyl groups excluding tert-OH is 1. The van der Waals surface area contributed by atoms with E-state index in [-0.39, 0.29) is 18.1 Å². The van der Waals surface area contributed by atoms with Crippen molar-refractivity contribution < 1.29 is 15.3 Å². The van der Waals surface area contributed by atoms with Crippen LogP contribution in [0.25, 0.3) is 22.4 Å². The highest BCUT2D eigenvalue weighted by Gasteiger charge is 2.13. The number of aromatic hydroxyl groups is 2. The third-order valence-electron chi connectivity index (χ3n) is 3.14. The summed E-state index contributed by atoms with van der Waals surface area (Å²) in [6, 6.07) is 11.9. The lowest BCUT2D eigenvalue weighted by Crippen LogP contribution is -2.04. The van der Waals surface area contributed by atoms with E-state index < -0.39 is 0 Å². The molecule has 1 aromatic heterocycles. The molecule has 3 rings (SSSR count). The Hall–Kier alpha value is -2.53. The number of phenols is 2. The topological polar surface area (TPSA) is 78.5 Å². The maximum Gasteiger partial charge on any atom is 0.141 e. The van der Waals surface area contributed by atoms with Crippen molar-refractivity contribution in [1.82, 2.24) is 9.55 Å².